The van der Waals surface area contributed by atoms with E-state index in [1.54, 1.807) is 0 Å². The van der Waals surface area contributed by atoms with Gasteiger partial charge in [0.05, 0.1) is 12.6 Å². The molecule has 0 aromatic rings. The van der Waals surface area contributed by atoms with Crippen LogP contribution >= 0.6 is 0 Å². The number of hydrogen-bond donors (Lipinski definition) is 2. The van der Waals surface area contributed by atoms with E-state index in [4.69, 9.17) is 0 Å². The number of carbonyl (C=O) groups excluding carboxylic acids is 1. The molecule has 0 aliphatic carbocycles. The van der Waals surface area contributed by atoms with E-state index < -0.39 is 0 Å². The van der Waals surface area contributed by atoms with Gasteiger partial charge in [-0.3, -0.25) is 4.79 Å². The van der Waals surface area contributed by atoms with Crippen LogP contribution < -0.4 is 10.6 Å². The SMILES string of the molecule is O=C1N[C@@H]2CC[NH2+][C@H]12. The van der Waals surface area contributed by atoms with E-state index in [-0.39, 0.29) is 11.9 Å². The number of rotatable bonds is 0. The average Bonchev–Trinajstić information content (AvgIpc) is 2.09. The Balaban J connectivity index is 2.11. The highest BCUT2D eigenvalue weighted by Gasteiger charge is 2.46. The van der Waals surface area contributed by atoms with Crippen LogP contribution in [0.5, 0.6) is 0 Å². The van der Waals surface area contributed by atoms with Crippen LogP contribution in [0.15, 0.2) is 0 Å². The molecule has 3 N–H and O–H groups in total. The fraction of sp³-hybridized carbons (Fsp3) is 0.800. The molecule has 1 amide bonds. The minimum Gasteiger partial charge on any atom is -0.341 e. The van der Waals surface area contributed by atoms with Crippen molar-refractivity contribution in [1.82, 2.24) is 5.32 Å². The summed E-state index contributed by atoms with van der Waals surface area (Å²) >= 11 is 0. The molecule has 44 valence electrons. The first-order valence-corrected chi connectivity index (χ1v) is 3.01. The summed E-state index contributed by atoms with van der Waals surface area (Å²) in [5.74, 6) is 0.229. The van der Waals surface area contributed by atoms with Crippen LogP contribution in [-0.4, -0.2) is 24.5 Å². The summed E-state index contributed by atoms with van der Waals surface area (Å²) in [5, 5.41) is 4.95. The van der Waals surface area contributed by atoms with Gasteiger partial charge in [0, 0.05) is 6.42 Å². The lowest BCUT2D eigenvalue weighted by atomic mass is 10.0. The lowest BCUT2D eigenvalue weighted by Gasteiger charge is -2.26. The first-order valence-electron chi connectivity index (χ1n) is 3.01. The first-order chi connectivity index (χ1) is 3.88. The van der Waals surface area contributed by atoms with Gasteiger partial charge in [0.2, 0.25) is 0 Å². The zero-order valence-electron chi connectivity index (χ0n) is 4.55. The second kappa shape index (κ2) is 1.23. The van der Waals surface area contributed by atoms with Crippen LogP contribution in [0.1, 0.15) is 6.42 Å². The number of amides is 1. The van der Waals surface area contributed by atoms with E-state index in [9.17, 15) is 4.79 Å². The molecule has 0 radical (unpaired) electrons. The maximum absolute atomic E-state index is 10.6. The third-order valence-electron chi connectivity index (χ3n) is 1.96. The van der Waals surface area contributed by atoms with Crippen molar-refractivity contribution in [3.8, 4) is 0 Å². The molecule has 2 fully saturated rings. The number of quaternary nitrogens is 1. The predicted octanol–water partition coefficient (Wildman–Crippen LogP) is -2.18. The van der Waals surface area contributed by atoms with Crippen LogP contribution in [-0.2, 0) is 4.79 Å². The van der Waals surface area contributed by atoms with Crippen LogP contribution in [0.25, 0.3) is 0 Å². The van der Waals surface area contributed by atoms with Gasteiger partial charge in [0.25, 0.3) is 5.91 Å². The van der Waals surface area contributed by atoms with Crippen molar-refractivity contribution in [1.29, 1.82) is 0 Å². The van der Waals surface area contributed by atoms with E-state index in [0.717, 1.165) is 13.0 Å². The minimum atomic E-state index is 0.229. The monoisotopic (exact) mass is 113 g/mol. The number of carbonyl (C=O) groups is 1. The topological polar surface area (TPSA) is 45.7 Å². The van der Waals surface area contributed by atoms with Gasteiger partial charge in [0.15, 0.2) is 6.04 Å². The molecule has 2 atom stereocenters. The van der Waals surface area contributed by atoms with Crippen LogP contribution in [0.4, 0.5) is 0 Å². The molecule has 3 nitrogen and oxygen atoms in total. The highest BCUT2D eigenvalue weighted by atomic mass is 16.2. The molecule has 3 heteroatoms. The molecule has 0 aromatic heterocycles. The standard InChI is InChI=1S/C5H8N2O/c8-5-4-3(7-5)1-2-6-4/h3-4,6H,1-2H2,(H,7,8)/p+1/t3-,4+/m1/s1. The summed E-state index contributed by atoms with van der Waals surface area (Å²) in [6.45, 7) is 1.12. The average molecular weight is 113 g/mol. The number of nitrogens with two attached hydrogens (primary N) is 1. The van der Waals surface area contributed by atoms with Crippen molar-refractivity contribution in [3.05, 3.63) is 0 Å². The van der Waals surface area contributed by atoms with E-state index in [2.05, 4.69) is 10.6 Å². The molecule has 2 aliphatic rings. The highest BCUT2D eigenvalue weighted by molar-refractivity contribution is 5.87. The van der Waals surface area contributed by atoms with Crippen molar-refractivity contribution < 1.29 is 10.1 Å². The zero-order chi connectivity index (χ0) is 5.56. The Hall–Kier alpha value is -0.570. The Kier molecular flexibility index (Phi) is 0.663. The molecular weight excluding hydrogens is 104 g/mol. The molecule has 2 heterocycles. The Morgan fingerprint density at radius 2 is 2.62 bits per heavy atom. The Morgan fingerprint density at radius 3 is 3.12 bits per heavy atom. The van der Waals surface area contributed by atoms with Gasteiger partial charge in [-0.2, -0.15) is 0 Å². The summed E-state index contributed by atoms with van der Waals surface area (Å²) in [7, 11) is 0. The summed E-state index contributed by atoms with van der Waals surface area (Å²) < 4.78 is 0. The summed E-state index contributed by atoms with van der Waals surface area (Å²) in [6, 6.07) is 0.803. The lowest BCUT2D eigenvalue weighted by Crippen LogP contribution is -2.95. The Bertz CT molecular complexity index is 134. The fourth-order valence-corrected chi connectivity index (χ4v) is 1.43. The minimum absolute atomic E-state index is 0.229. The maximum Gasteiger partial charge on any atom is 0.280 e. The van der Waals surface area contributed by atoms with Crippen molar-refractivity contribution in [2.75, 3.05) is 6.54 Å². The van der Waals surface area contributed by atoms with Crippen molar-refractivity contribution in [3.63, 3.8) is 0 Å². The van der Waals surface area contributed by atoms with Crippen molar-refractivity contribution in [2.24, 2.45) is 0 Å². The molecule has 0 aromatic carbocycles. The quantitative estimate of drug-likeness (QED) is 0.345. The molecule has 0 saturated carbocycles. The van der Waals surface area contributed by atoms with Gasteiger partial charge >= 0.3 is 0 Å². The third kappa shape index (κ3) is 0.351. The van der Waals surface area contributed by atoms with Crippen LogP contribution in [0.3, 0.4) is 0 Å². The van der Waals surface area contributed by atoms with Gasteiger partial charge in [-0.1, -0.05) is 0 Å². The van der Waals surface area contributed by atoms with Crippen LogP contribution in [0, 0.1) is 0 Å². The largest absolute Gasteiger partial charge is 0.341 e. The highest BCUT2D eigenvalue weighted by Crippen LogP contribution is 2.08. The van der Waals surface area contributed by atoms with Gasteiger partial charge in [0.1, 0.15) is 0 Å². The Morgan fingerprint density at radius 1 is 1.75 bits per heavy atom. The van der Waals surface area contributed by atoms with Gasteiger partial charge < -0.3 is 10.6 Å². The Labute approximate surface area is 47.4 Å². The van der Waals surface area contributed by atoms with E-state index in [1.165, 1.54) is 0 Å². The molecule has 8 heavy (non-hydrogen) atoms. The zero-order valence-corrected chi connectivity index (χ0v) is 4.55. The van der Waals surface area contributed by atoms with Crippen molar-refractivity contribution >= 4 is 5.91 Å². The summed E-state index contributed by atoms with van der Waals surface area (Å²) in [6.07, 6.45) is 1.16. The van der Waals surface area contributed by atoms with Gasteiger partial charge in [-0.05, 0) is 0 Å². The third-order valence-corrected chi connectivity index (χ3v) is 1.96. The first kappa shape index (κ1) is 4.32. The molecule has 2 saturated heterocycles. The number of fused-ring (bicyclic) bond motifs is 1. The van der Waals surface area contributed by atoms with Crippen molar-refractivity contribution in [2.45, 2.75) is 18.5 Å². The second-order valence-corrected chi connectivity index (χ2v) is 2.45. The number of nitrogens with one attached hydrogen (secondary N) is 1. The summed E-state index contributed by atoms with van der Waals surface area (Å²) in [4.78, 5) is 10.6. The van der Waals surface area contributed by atoms with Gasteiger partial charge in [-0.15, -0.1) is 0 Å². The van der Waals surface area contributed by atoms with E-state index >= 15 is 0 Å². The fourth-order valence-electron chi connectivity index (χ4n) is 1.43. The smallest absolute Gasteiger partial charge is 0.280 e. The van der Waals surface area contributed by atoms with E-state index in [1.807, 2.05) is 0 Å². The molecule has 2 rings (SSSR count). The molecular formula is C5H9N2O+. The van der Waals surface area contributed by atoms with Crippen LogP contribution in [0.2, 0.25) is 0 Å². The maximum atomic E-state index is 10.6. The normalized spacial score (nSPS) is 42.8. The van der Waals surface area contributed by atoms with E-state index in [0.29, 0.717) is 6.04 Å². The second-order valence-electron chi connectivity index (χ2n) is 2.45. The predicted molar refractivity (Wildman–Crippen MR) is 27.1 cm³/mol. The summed E-state index contributed by atoms with van der Waals surface area (Å²) in [5.41, 5.74) is 0. The lowest BCUT2D eigenvalue weighted by molar-refractivity contribution is -0.662. The molecule has 2 aliphatic heterocycles. The van der Waals surface area contributed by atoms with Gasteiger partial charge in [-0.25, -0.2) is 0 Å². The molecule has 0 spiro atoms. The number of β-lactam (4-membered cyclic amide) rings is 1. The molecule has 0 bridgehead atoms. The molecule has 0 unspecified atom stereocenters. The number of hydrogen-bond acceptors (Lipinski definition) is 1.